The Bertz CT molecular complexity index is 374. The summed E-state index contributed by atoms with van der Waals surface area (Å²) in [5, 5.41) is 8.33. The molecule has 0 saturated heterocycles. The summed E-state index contributed by atoms with van der Waals surface area (Å²) < 4.78 is 38.2. The molecule has 1 aromatic carbocycles. The predicted octanol–water partition coefficient (Wildman–Crippen LogP) is 2.11. The Labute approximate surface area is 71.6 Å². The van der Waals surface area contributed by atoms with Crippen LogP contribution in [0.5, 0.6) is 0 Å². The molecule has 0 atom stereocenters. The molecule has 0 bridgehead atoms. The zero-order valence-corrected chi connectivity index (χ0v) is 6.57. The molecule has 1 N–H and O–H groups in total. The third-order valence-electron chi connectivity index (χ3n) is 1.62. The standard InChI is InChI=1S/C8H5F3O2/c1-3-5(9)2-4(8(12)13)7(11)6(3)10/h2H,1H3,(H,12,13). The molecule has 0 heterocycles. The van der Waals surface area contributed by atoms with E-state index in [1.54, 1.807) is 0 Å². The molecule has 0 aliphatic carbocycles. The smallest absolute Gasteiger partial charge is 0.338 e. The second-order valence-electron chi connectivity index (χ2n) is 2.46. The maximum absolute atomic E-state index is 12.8. The Morgan fingerprint density at radius 2 is 1.85 bits per heavy atom. The molecule has 5 heteroatoms. The van der Waals surface area contributed by atoms with Gasteiger partial charge in [0, 0.05) is 5.56 Å². The van der Waals surface area contributed by atoms with Crippen molar-refractivity contribution < 1.29 is 23.1 Å². The van der Waals surface area contributed by atoms with Crippen molar-refractivity contribution in [2.24, 2.45) is 0 Å². The summed E-state index contributed by atoms with van der Waals surface area (Å²) in [6.45, 7) is 1.03. The number of aromatic carboxylic acids is 1. The van der Waals surface area contributed by atoms with E-state index in [0.29, 0.717) is 6.07 Å². The predicted molar refractivity (Wildman–Crippen MR) is 38.0 cm³/mol. The number of hydrogen-bond donors (Lipinski definition) is 1. The summed E-state index contributed by atoms with van der Waals surface area (Å²) >= 11 is 0. The number of hydrogen-bond acceptors (Lipinski definition) is 1. The van der Waals surface area contributed by atoms with Gasteiger partial charge in [0.05, 0.1) is 0 Å². The lowest BCUT2D eigenvalue weighted by Crippen LogP contribution is -2.06. The topological polar surface area (TPSA) is 37.3 Å². The van der Waals surface area contributed by atoms with Gasteiger partial charge in [-0.1, -0.05) is 0 Å². The van der Waals surface area contributed by atoms with Crippen LogP contribution in [0.25, 0.3) is 0 Å². The fourth-order valence-electron chi connectivity index (χ4n) is 0.842. The van der Waals surface area contributed by atoms with E-state index in [2.05, 4.69) is 0 Å². The largest absolute Gasteiger partial charge is 0.478 e. The van der Waals surface area contributed by atoms with Crippen LogP contribution in [0.3, 0.4) is 0 Å². The number of halogens is 3. The highest BCUT2D eigenvalue weighted by Gasteiger charge is 2.19. The van der Waals surface area contributed by atoms with Crippen LogP contribution >= 0.6 is 0 Å². The number of rotatable bonds is 1. The highest BCUT2D eigenvalue weighted by Crippen LogP contribution is 2.18. The first kappa shape index (κ1) is 9.57. The first-order valence-corrected chi connectivity index (χ1v) is 3.32. The van der Waals surface area contributed by atoms with E-state index in [4.69, 9.17) is 5.11 Å². The maximum atomic E-state index is 12.8. The van der Waals surface area contributed by atoms with Gasteiger partial charge in [-0.25, -0.2) is 18.0 Å². The van der Waals surface area contributed by atoms with Crippen LogP contribution in [0.4, 0.5) is 13.2 Å². The molecule has 0 radical (unpaired) electrons. The third kappa shape index (κ3) is 1.49. The van der Waals surface area contributed by atoms with Crippen LogP contribution in [0.2, 0.25) is 0 Å². The fourth-order valence-corrected chi connectivity index (χ4v) is 0.842. The summed E-state index contributed by atoms with van der Waals surface area (Å²) in [5.74, 6) is -5.77. The monoisotopic (exact) mass is 190 g/mol. The molecule has 0 saturated carbocycles. The Kier molecular flexibility index (Phi) is 2.27. The lowest BCUT2D eigenvalue weighted by atomic mass is 10.1. The molecule has 13 heavy (non-hydrogen) atoms. The van der Waals surface area contributed by atoms with E-state index in [-0.39, 0.29) is 0 Å². The maximum Gasteiger partial charge on any atom is 0.338 e. The van der Waals surface area contributed by atoms with E-state index >= 15 is 0 Å². The van der Waals surface area contributed by atoms with Gasteiger partial charge < -0.3 is 5.11 Å². The molecular formula is C8H5F3O2. The van der Waals surface area contributed by atoms with Crippen molar-refractivity contribution >= 4 is 5.97 Å². The first-order chi connectivity index (χ1) is 5.95. The molecular weight excluding hydrogens is 185 g/mol. The van der Waals surface area contributed by atoms with Crippen molar-refractivity contribution in [2.75, 3.05) is 0 Å². The molecule has 0 aliphatic rings. The fraction of sp³-hybridized carbons (Fsp3) is 0.125. The van der Waals surface area contributed by atoms with Gasteiger partial charge in [0.2, 0.25) is 0 Å². The normalized spacial score (nSPS) is 10.2. The van der Waals surface area contributed by atoms with Crippen molar-refractivity contribution in [3.63, 3.8) is 0 Å². The van der Waals surface area contributed by atoms with Crippen molar-refractivity contribution in [1.29, 1.82) is 0 Å². The summed E-state index contributed by atoms with van der Waals surface area (Å²) in [7, 11) is 0. The minimum absolute atomic E-state index is 0.454. The van der Waals surface area contributed by atoms with Crippen LogP contribution in [0.15, 0.2) is 6.07 Å². The average molecular weight is 190 g/mol. The van der Waals surface area contributed by atoms with Gasteiger partial charge in [-0.05, 0) is 13.0 Å². The van der Waals surface area contributed by atoms with Gasteiger partial charge >= 0.3 is 5.97 Å². The van der Waals surface area contributed by atoms with Crippen molar-refractivity contribution in [3.8, 4) is 0 Å². The highest BCUT2D eigenvalue weighted by atomic mass is 19.2. The molecule has 2 nitrogen and oxygen atoms in total. The van der Waals surface area contributed by atoms with Gasteiger partial charge in [-0.3, -0.25) is 0 Å². The molecule has 1 aromatic rings. The zero-order valence-electron chi connectivity index (χ0n) is 6.57. The van der Waals surface area contributed by atoms with Gasteiger partial charge in [0.1, 0.15) is 11.4 Å². The first-order valence-electron chi connectivity index (χ1n) is 3.32. The van der Waals surface area contributed by atoms with E-state index < -0.39 is 34.5 Å². The summed E-state index contributed by atoms with van der Waals surface area (Å²) in [6, 6.07) is 0.454. The Morgan fingerprint density at radius 3 is 2.31 bits per heavy atom. The SMILES string of the molecule is Cc1c(F)cc(C(=O)O)c(F)c1F. The van der Waals surface area contributed by atoms with Crippen LogP contribution in [0, 0.1) is 24.4 Å². The second kappa shape index (κ2) is 3.08. The van der Waals surface area contributed by atoms with Gasteiger partial charge in [0.25, 0.3) is 0 Å². The van der Waals surface area contributed by atoms with Crippen LogP contribution in [0.1, 0.15) is 15.9 Å². The minimum atomic E-state index is -1.70. The van der Waals surface area contributed by atoms with Gasteiger partial charge in [0.15, 0.2) is 11.6 Å². The summed E-state index contributed by atoms with van der Waals surface area (Å²) in [6.07, 6.45) is 0. The lowest BCUT2D eigenvalue weighted by molar-refractivity contribution is 0.0690. The van der Waals surface area contributed by atoms with Crippen molar-refractivity contribution in [3.05, 3.63) is 34.6 Å². The number of carbonyl (C=O) groups is 1. The summed E-state index contributed by atoms with van der Waals surface area (Å²) in [5.41, 5.74) is -1.52. The molecule has 0 aromatic heterocycles. The third-order valence-corrected chi connectivity index (χ3v) is 1.62. The van der Waals surface area contributed by atoms with Crippen LogP contribution < -0.4 is 0 Å². The van der Waals surface area contributed by atoms with Crippen LogP contribution in [-0.2, 0) is 0 Å². The van der Waals surface area contributed by atoms with Gasteiger partial charge in [-0.2, -0.15) is 0 Å². The van der Waals surface area contributed by atoms with E-state index in [1.807, 2.05) is 0 Å². The molecule has 1 rings (SSSR count). The minimum Gasteiger partial charge on any atom is -0.478 e. The van der Waals surface area contributed by atoms with E-state index in [1.165, 1.54) is 0 Å². The zero-order chi connectivity index (χ0) is 10.2. The number of carboxylic acids is 1. The summed E-state index contributed by atoms with van der Waals surface area (Å²) in [4.78, 5) is 10.3. The quantitative estimate of drug-likeness (QED) is 0.688. The Hall–Kier alpha value is -1.52. The Morgan fingerprint density at radius 1 is 1.31 bits per heavy atom. The second-order valence-corrected chi connectivity index (χ2v) is 2.46. The van der Waals surface area contributed by atoms with Crippen molar-refractivity contribution in [1.82, 2.24) is 0 Å². The van der Waals surface area contributed by atoms with E-state index in [0.717, 1.165) is 6.92 Å². The molecule has 0 unspecified atom stereocenters. The molecule has 0 amide bonds. The number of carboxylic acid groups (broad SMARTS) is 1. The highest BCUT2D eigenvalue weighted by molar-refractivity contribution is 5.88. The van der Waals surface area contributed by atoms with Crippen molar-refractivity contribution in [2.45, 2.75) is 6.92 Å². The lowest BCUT2D eigenvalue weighted by Gasteiger charge is -2.02. The van der Waals surface area contributed by atoms with E-state index in [9.17, 15) is 18.0 Å². The molecule has 0 aliphatic heterocycles. The van der Waals surface area contributed by atoms with Gasteiger partial charge in [-0.15, -0.1) is 0 Å². The van der Waals surface area contributed by atoms with Crippen LogP contribution in [-0.4, -0.2) is 11.1 Å². The average Bonchev–Trinajstić information content (AvgIpc) is 2.07. The Balaban J connectivity index is 3.50. The molecule has 70 valence electrons. The number of benzene rings is 1. The molecule has 0 fully saturated rings. The molecule has 0 spiro atoms.